The Bertz CT molecular complexity index is 386. The third-order valence-corrected chi connectivity index (χ3v) is 4.02. The fourth-order valence-electron chi connectivity index (χ4n) is 2.74. The molecule has 1 saturated heterocycles. The van der Waals surface area contributed by atoms with Crippen LogP contribution in [-0.4, -0.2) is 35.1 Å². The fraction of sp³-hybridized carbons (Fsp3) is 0.643. The highest BCUT2D eigenvalue weighted by molar-refractivity contribution is 5.85. The van der Waals surface area contributed by atoms with Crippen molar-refractivity contribution in [3.63, 3.8) is 0 Å². The highest BCUT2D eigenvalue weighted by atomic mass is 35.5. The molecule has 3 nitrogen and oxygen atoms in total. The number of nitrogens with one attached hydrogen (secondary N) is 1. The molecule has 1 aromatic heterocycles. The maximum atomic E-state index is 4.26. The van der Waals surface area contributed by atoms with E-state index in [1.807, 2.05) is 12.4 Å². The van der Waals surface area contributed by atoms with Gasteiger partial charge in [-0.25, -0.2) is 0 Å². The maximum Gasteiger partial charge on any atom is 0.0315 e. The molecule has 3 rings (SSSR count). The minimum Gasteiger partial charge on any atom is -0.315 e. The Labute approximate surface area is 115 Å². The summed E-state index contributed by atoms with van der Waals surface area (Å²) in [5.74, 6) is 0. The summed E-state index contributed by atoms with van der Waals surface area (Å²) in [6.07, 6.45) is 7.99. The van der Waals surface area contributed by atoms with Crippen LogP contribution in [0, 0.1) is 6.92 Å². The highest BCUT2D eigenvalue weighted by Gasteiger charge is 2.35. The predicted octanol–water partition coefficient (Wildman–Crippen LogP) is 2.14. The molecular formula is C14H22ClN3. The van der Waals surface area contributed by atoms with Gasteiger partial charge in [0.25, 0.3) is 0 Å². The first-order chi connectivity index (χ1) is 8.34. The van der Waals surface area contributed by atoms with Gasteiger partial charge >= 0.3 is 0 Å². The topological polar surface area (TPSA) is 28.2 Å². The van der Waals surface area contributed by atoms with Crippen LogP contribution >= 0.6 is 12.4 Å². The molecule has 1 atom stereocenters. The van der Waals surface area contributed by atoms with E-state index in [2.05, 4.69) is 28.2 Å². The number of halogens is 1. The predicted molar refractivity (Wildman–Crippen MR) is 76.1 cm³/mol. The van der Waals surface area contributed by atoms with E-state index >= 15 is 0 Å². The molecule has 2 aliphatic rings. The van der Waals surface area contributed by atoms with Crippen LogP contribution in [0.1, 0.15) is 30.4 Å². The number of rotatable bonds is 4. The van der Waals surface area contributed by atoms with Crippen LogP contribution in [0.25, 0.3) is 0 Å². The maximum absolute atomic E-state index is 4.26. The Balaban J connectivity index is 0.00000120. The van der Waals surface area contributed by atoms with Gasteiger partial charge in [-0.3, -0.25) is 9.88 Å². The van der Waals surface area contributed by atoms with Gasteiger partial charge in [-0.1, -0.05) is 0 Å². The lowest BCUT2D eigenvalue weighted by atomic mass is 10.1. The minimum atomic E-state index is 0. The van der Waals surface area contributed by atoms with Crippen molar-refractivity contribution in [3.8, 4) is 0 Å². The first kappa shape index (κ1) is 13.8. The van der Waals surface area contributed by atoms with Crippen LogP contribution in [-0.2, 0) is 6.54 Å². The molecule has 0 bridgehead atoms. The molecule has 0 aromatic carbocycles. The van der Waals surface area contributed by atoms with Crippen molar-refractivity contribution in [2.24, 2.45) is 0 Å². The van der Waals surface area contributed by atoms with Gasteiger partial charge in [0.2, 0.25) is 0 Å². The van der Waals surface area contributed by atoms with Crippen LogP contribution in [0.4, 0.5) is 0 Å². The summed E-state index contributed by atoms with van der Waals surface area (Å²) < 4.78 is 0. The third-order valence-electron chi connectivity index (χ3n) is 4.02. The van der Waals surface area contributed by atoms with Crippen LogP contribution in [0.5, 0.6) is 0 Å². The number of nitrogens with zero attached hydrogens (tertiary/aromatic N) is 2. The third kappa shape index (κ3) is 3.02. The lowest BCUT2D eigenvalue weighted by molar-refractivity contribution is 0.188. The van der Waals surface area contributed by atoms with Crippen LogP contribution in [0.2, 0.25) is 0 Å². The van der Waals surface area contributed by atoms with E-state index in [4.69, 9.17) is 0 Å². The van der Waals surface area contributed by atoms with E-state index in [0.29, 0.717) is 0 Å². The zero-order chi connectivity index (χ0) is 11.7. The minimum absolute atomic E-state index is 0. The molecule has 2 fully saturated rings. The van der Waals surface area contributed by atoms with Gasteiger partial charge in [-0.15, -0.1) is 12.4 Å². The Hall–Kier alpha value is -0.640. The molecular weight excluding hydrogens is 246 g/mol. The molecule has 2 heterocycles. The SMILES string of the molecule is Cc1ccncc1CN(C1CC1)C1CCNC1.Cl. The molecule has 1 N–H and O–H groups in total. The van der Waals surface area contributed by atoms with E-state index < -0.39 is 0 Å². The average Bonchev–Trinajstić information content (AvgIpc) is 3.03. The van der Waals surface area contributed by atoms with Crippen LogP contribution in [0.3, 0.4) is 0 Å². The van der Waals surface area contributed by atoms with E-state index in [9.17, 15) is 0 Å². The Morgan fingerprint density at radius 2 is 2.17 bits per heavy atom. The first-order valence-corrected chi connectivity index (χ1v) is 6.70. The normalized spacial score (nSPS) is 23.1. The number of aromatic nitrogens is 1. The van der Waals surface area contributed by atoms with Crippen molar-refractivity contribution in [3.05, 3.63) is 29.6 Å². The number of aryl methyl sites for hydroxylation is 1. The molecule has 100 valence electrons. The van der Waals surface area contributed by atoms with E-state index in [-0.39, 0.29) is 12.4 Å². The van der Waals surface area contributed by atoms with Crippen LogP contribution < -0.4 is 5.32 Å². The molecule has 1 unspecified atom stereocenters. The molecule has 4 heteroatoms. The van der Waals surface area contributed by atoms with Gasteiger partial charge in [0.15, 0.2) is 0 Å². The molecule has 0 spiro atoms. The van der Waals surface area contributed by atoms with Gasteiger partial charge in [0, 0.05) is 37.6 Å². The quantitative estimate of drug-likeness (QED) is 0.906. The molecule has 1 aliphatic carbocycles. The fourth-order valence-corrected chi connectivity index (χ4v) is 2.74. The summed E-state index contributed by atoms with van der Waals surface area (Å²) in [5.41, 5.74) is 2.77. The van der Waals surface area contributed by atoms with Crippen molar-refractivity contribution >= 4 is 12.4 Å². The second kappa shape index (κ2) is 6.00. The highest BCUT2D eigenvalue weighted by Crippen LogP contribution is 2.31. The van der Waals surface area contributed by atoms with Crippen LogP contribution in [0.15, 0.2) is 18.5 Å². The van der Waals surface area contributed by atoms with Crippen molar-refractivity contribution in [1.82, 2.24) is 15.2 Å². The van der Waals surface area contributed by atoms with Gasteiger partial charge < -0.3 is 5.32 Å². The van der Waals surface area contributed by atoms with E-state index in [0.717, 1.165) is 25.2 Å². The molecule has 18 heavy (non-hydrogen) atoms. The number of hydrogen-bond acceptors (Lipinski definition) is 3. The van der Waals surface area contributed by atoms with E-state index in [1.54, 1.807) is 0 Å². The van der Waals surface area contributed by atoms with Crippen molar-refractivity contribution < 1.29 is 0 Å². The van der Waals surface area contributed by atoms with Crippen molar-refractivity contribution in [1.29, 1.82) is 0 Å². The zero-order valence-corrected chi connectivity index (χ0v) is 11.7. The summed E-state index contributed by atoms with van der Waals surface area (Å²) in [7, 11) is 0. The summed E-state index contributed by atoms with van der Waals surface area (Å²) in [5, 5.41) is 3.48. The van der Waals surface area contributed by atoms with Gasteiger partial charge in [-0.2, -0.15) is 0 Å². The molecule has 1 aromatic rings. The second-order valence-corrected chi connectivity index (χ2v) is 5.35. The number of pyridine rings is 1. The Kier molecular flexibility index (Phi) is 4.60. The lowest BCUT2D eigenvalue weighted by Crippen LogP contribution is -2.38. The van der Waals surface area contributed by atoms with E-state index in [1.165, 1.54) is 36.9 Å². The largest absolute Gasteiger partial charge is 0.315 e. The Morgan fingerprint density at radius 1 is 1.33 bits per heavy atom. The summed E-state index contributed by atoms with van der Waals surface area (Å²) >= 11 is 0. The molecule has 0 radical (unpaired) electrons. The first-order valence-electron chi connectivity index (χ1n) is 6.70. The molecule has 1 aliphatic heterocycles. The van der Waals surface area contributed by atoms with Crippen molar-refractivity contribution in [2.75, 3.05) is 13.1 Å². The molecule has 1 saturated carbocycles. The Morgan fingerprint density at radius 3 is 2.78 bits per heavy atom. The lowest BCUT2D eigenvalue weighted by Gasteiger charge is -2.28. The summed E-state index contributed by atoms with van der Waals surface area (Å²) in [6.45, 7) is 5.61. The van der Waals surface area contributed by atoms with Crippen molar-refractivity contribution in [2.45, 2.75) is 44.8 Å². The standard InChI is InChI=1S/C14H21N3.ClH/c1-11-4-6-15-8-12(11)10-17(13-2-3-13)14-5-7-16-9-14;/h4,6,8,13-14,16H,2-3,5,7,9-10H2,1H3;1H. The second-order valence-electron chi connectivity index (χ2n) is 5.35. The average molecular weight is 268 g/mol. The zero-order valence-electron chi connectivity index (χ0n) is 10.9. The van der Waals surface area contributed by atoms with Gasteiger partial charge in [0.05, 0.1) is 0 Å². The van der Waals surface area contributed by atoms with Gasteiger partial charge in [0.1, 0.15) is 0 Å². The smallest absolute Gasteiger partial charge is 0.0315 e. The van der Waals surface area contributed by atoms with Gasteiger partial charge in [-0.05, 0) is 49.9 Å². The molecule has 0 amide bonds. The monoisotopic (exact) mass is 267 g/mol. The number of hydrogen-bond donors (Lipinski definition) is 1. The summed E-state index contributed by atoms with van der Waals surface area (Å²) in [4.78, 5) is 6.96. The summed E-state index contributed by atoms with van der Waals surface area (Å²) in [6, 6.07) is 3.69.